The van der Waals surface area contributed by atoms with Gasteiger partial charge in [0, 0.05) is 11.8 Å². The Balaban J connectivity index is 3.06. The first kappa shape index (κ1) is 16.4. The number of nitrogens with one attached hydrogen (secondary N) is 1. The topological polar surface area (TPSA) is 68.3 Å². The summed E-state index contributed by atoms with van der Waals surface area (Å²) >= 11 is 5.73. The quantitative estimate of drug-likeness (QED) is 0.688. The third-order valence-electron chi connectivity index (χ3n) is 2.36. The van der Waals surface area contributed by atoms with Gasteiger partial charge >= 0.3 is 6.09 Å². The molecule has 1 N–H and O–H groups in total. The number of pyridine rings is 1. The smallest absolute Gasteiger partial charge is 0.408 e. The van der Waals surface area contributed by atoms with Gasteiger partial charge in [-0.3, -0.25) is 0 Å². The van der Waals surface area contributed by atoms with Crippen molar-refractivity contribution in [2.45, 2.75) is 38.8 Å². The zero-order valence-electron chi connectivity index (χ0n) is 11.7. The normalized spacial score (nSPS) is 14.3. The molecule has 1 heterocycles. The summed E-state index contributed by atoms with van der Waals surface area (Å²) in [6, 6.07) is 1.23. The Kier molecular flexibility index (Phi) is 4.70. The summed E-state index contributed by atoms with van der Waals surface area (Å²) in [4.78, 5) is 26.4. The molecule has 0 radical (unpaired) electrons. The van der Waals surface area contributed by atoms with Crippen molar-refractivity contribution in [2.24, 2.45) is 0 Å². The van der Waals surface area contributed by atoms with Gasteiger partial charge in [0.2, 0.25) is 5.95 Å². The van der Waals surface area contributed by atoms with Gasteiger partial charge in [-0.1, -0.05) is 11.6 Å². The second kappa shape index (κ2) is 5.75. The first-order valence-corrected chi connectivity index (χ1v) is 6.24. The Labute approximate surface area is 121 Å². The fraction of sp³-hybridized carbons (Fsp3) is 0.462. The van der Waals surface area contributed by atoms with E-state index < -0.39 is 23.2 Å². The zero-order chi connectivity index (χ0) is 15.6. The van der Waals surface area contributed by atoms with Crippen molar-refractivity contribution in [1.29, 1.82) is 0 Å². The van der Waals surface area contributed by atoms with Crippen LogP contribution in [0.2, 0.25) is 5.02 Å². The largest absolute Gasteiger partial charge is 0.444 e. The van der Waals surface area contributed by atoms with Crippen LogP contribution in [0, 0.1) is 5.95 Å². The number of ether oxygens (including phenoxy) is 1. The minimum absolute atomic E-state index is 0.133. The van der Waals surface area contributed by atoms with Crippen LogP contribution in [0.5, 0.6) is 0 Å². The Morgan fingerprint density at radius 1 is 1.45 bits per heavy atom. The summed E-state index contributed by atoms with van der Waals surface area (Å²) in [6.45, 7) is 6.35. The molecule has 1 atom stereocenters. The van der Waals surface area contributed by atoms with Crippen molar-refractivity contribution in [3.8, 4) is 0 Å². The first-order chi connectivity index (χ1) is 9.07. The van der Waals surface area contributed by atoms with E-state index in [4.69, 9.17) is 16.3 Å². The van der Waals surface area contributed by atoms with Crippen molar-refractivity contribution in [1.82, 2.24) is 10.3 Å². The number of rotatable bonds is 3. The van der Waals surface area contributed by atoms with E-state index in [1.807, 2.05) is 0 Å². The number of carbonyl (C=O) groups excluding carboxylic acids is 2. The molecule has 0 bridgehead atoms. The van der Waals surface area contributed by atoms with E-state index in [1.54, 1.807) is 20.8 Å². The molecule has 1 rings (SSSR count). The molecule has 20 heavy (non-hydrogen) atoms. The van der Waals surface area contributed by atoms with Crippen molar-refractivity contribution in [3.05, 3.63) is 28.8 Å². The number of hydrogen-bond donors (Lipinski definition) is 1. The standard InChI is InChI=1S/C13H16ClFN2O3/c1-12(2,3)20-11(19)17-13(4,7-18)9-5-8(14)6-16-10(9)15/h5-7H,1-4H3,(H,17,19). The van der Waals surface area contributed by atoms with Crippen LogP contribution in [0.4, 0.5) is 9.18 Å². The molecular formula is C13H16ClFN2O3. The number of amides is 1. The third kappa shape index (κ3) is 4.16. The number of halogens is 2. The van der Waals surface area contributed by atoms with E-state index in [0.29, 0.717) is 6.29 Å². The van der Waals surface area contributed by atoms with E-state index in [1.165, 1.54) is 13.0 Å². The molecule has 7 heteroatoms. The van der Waals surface area contributed by atoms with Crippen LogP contribution >= 0.6 is 11.6 Å². The van der Waals surface area contributed by atoms with E-state index in [0.717, 1.165) is 6.20 Å². The van der Waals surface area contributed by atoms with Gasteiger partial charge in [0.05, 0.1) is 5.02 Å². The van der Waals surface area contributed by atoms with Crippen molar-refractivity contribution < 1.29 is 18.7 Å². The summed E-state index contributed by atoms with van der Waals surface area (Å²) in [7, 11) is 0. The van der Waals surface area contributed by atoms with Gasteiger partial charge in [0.15, 0.2) is 0 Å². The molecular weight excluding hydrogens is 287 g/mol. The highest BCUT2D eigenvalue weighted by Gasteiger charge is 2.33. The average molecular weight is 303 g/mol. The molecule has 0 saturated heterocycles. The monoisotopic (exact) mass is 302 g/mol. The maximum Gasteiger partial charge on any atom is 0.408 e. The SMILES string of the molecule is CC(C)(C)OC(=O)NC(C)(C=O)c1cc(Cl)cnc1F. The fourth-order valence-electron chi connectivity index (χ4n) is 1.46. The Morgan fingerprint density at radius 2 is 2.05 bits per heavy atom. The lowest BCUT2D eigenvalue weighted by molar-refractivity contribution is -0.113. The lowest BCUT2D eigenvalue weighted by Gasteiger charge is -2.27. The van der Waals surface area contributed by atoms with Gasteiger partial charge in [0.25, 0.3) is 0 Å². The highest BCUT2D eigenvalue weighted by atomic mass is 35.5. The molecule has 0 spiro atoms. The number of nitrogens with zero attached hydrogens (tertiary/aromatic N) is 1. The van der Waals surface area contributed by atoms with Crippen molar-refractivity contribution in [2.75, 3.05) is 0 Å². The Morgan fingerprint density at radius 3 is 2.55 bits per heavy atom. The van der Waals surface area contributed by atoms with Crippen LogP contribution < -0.4 is 5.32 Å². The second-order valence-corrected chi connectivity index (χ2v) is 5.88. The average Bonchev–Trinajstić information content (AvgIpc) is 2.29. The molecule has 0 aliphatic rings. The predicted octanol–water partition coefficient (Wildman–Crippen LogP) is 2.81. The van der Waals surface area contributed by atoms with Gasteiger partial charge in [-0.15, -0.1) is 0 Å². The van der Waals surface area contributed by atoms with Crippen LogP contribution in [0.3, 0.4) is 0 Å². The lowest BCUT2D eigenvalue weighted by atomic mass is 9.95. The summed E-state index contributed by atoms with van der Waals surface area (Å²) in [5.41, 5.74) is -2.49. The highest BCUT2D eigenvalue weighted by Crippen LogP contribution is 2.24. The Bertz CT molecular complexity index is 531. The number of aromatic nitrogens is 1. The molecule has 0 saturated carbocycles. The number of hydrogen-bond acceptors (Lipinski definition) is 4. The predicted molar refractivity (Wildman–Crippen MR) is 72.0 cm³/mol. The highest BCUT2D eigenvalue weighted by molar-refractivity contribution is 6.30. The summed E-state index contributed by atoms with van der Waals surface area (Å²) in [5.74, 6) is -0.889. The van der Waals surface area contributed by atoms with E-state index >= 15 is 0 Å². The van der Waals surface area contributed by atoms with Gasteiger partial charge in [-0.25, -0.2) is 9.78 Å². The first-order valence-electron chi connectivity index (χ1n) is 5.86. The van der Waals surface area contributed by atoms with E-state index in [-0.39, 0.29) is 10.6 Å². The third-order valence-corrected chi connectivity index (χ3v) is 2.57. The lowest BCUT2D eigenvalue weighted by Crippen LogP contribution is -2.47. The number of aldehydes is 1. The molecule has 110 valence electrons. The number of carbonyl (C=O) groups is 2. The summed E-state index contributed by atoms with van der Waals surface area (Å²) in [5, 5.41) is 2.47. The maximum atomic E-state index is 13.7. The fourth-order valence-corrected chi connectivity index (χ4v) is 1.62. The molecule has 1 amide bonds. The van der Waals surface area contributed by atoms with Crippen LogP contribution in [0.15, 0.2) is 12.3 Å². The molecule has 0 fully saturated rings. The molecule has 0 aliphatic carbocycles. The zero-order valence-corrected chi connectivity index (χ0v) is 12.4. The van der Waals surface area contributed by atoms with Gasteiger partial charge in [-0.2, -0.15) is 4.39 Å². The van der Waals surface area contributed by atoms with Crippen LogP contribution in [-0.4, -0.2) is 23.0 Å². The van der Waals surface area contributed by atoms with Crippen molar-refractivity contribution >= 4 is 24.0 Å². The Hall–Kier alpha value is -1.69. The maximum absolute atomic E-state index is 13.7. The molecule has 5 nitrogen and oxygen atoms in total. The van der Waals surface area contributed by atoms with Gasteiger partial charge < -0.3 is 14.8 Å². The van der Waals surface area contributed by atoms with E-state index in [2.05, 4.69) is 10.3 Å². The minimum atomic E-state index is -1.62. The summed E-state index contributed by atoms with van der Waals surface area (Å²) in [6.07, 6.45) is 0.665. The van der Waals surface area contributed by atoms with Gasteiger partial charge in [0.1, 0.15) is 17.4 Å². The van der Waals surface area contributed by atoms with Crippen LogP contribution in [-0.2, 0) is 15.1 Å². The molecule has 0 aromatic carbocycles. The molecule has 1 unspecified atom stereocenters. The van der Waals surface area contributed by atoms with E-state index in [9.17, 15) is 14.0 Å². The van der Waals surface area contributed by atoms with Crippen molar-refractivity contribution in [3.63, 3.8) is 0 Å². The van der Waals surface area contributed by atoms with Crippen LogP contribution in [0.1, 0.15) is 33.3 Å². The minimum Gasteiger partial charge on any atom is -0.444 e. The summed E-state index contributed by atoms with van der Waals surface area (Å²) < 4.78 is 18.8. The molecule has 1 aromatic heterocycles. The molecule has 0 aliphatic heterocycles. The number of alkyl carbamates (subject to hydrolysis) is 1. The van der Waals surface area contributed by atoms with Gasteiger partial charge in [-0.05, 0) is 33.8 Å². The van der Waals surface area contributed by atoms with Crippen LogP contribution in [0.25, 0.3) is 0 Å². The molecule has 1 aromatic rings. The second-order valence-electron chi connectivity index (χ2n) is 5.44.